The van der Waals surface area contributed by atoms with E-state index in [9.17, 15) is 4.79 Å². The van der Waals surface area contributed by atoms with Gasteiger partial charge in [0.15, 0.2) is 0 Å². The summed E-state index contributed by atoms with van der Waals surface area (Å²) in [5.74, 6) is -0.180. The van der Waals surface area contributed by atoms with Crippen molar-refractivity contribution in [3.05, 3.63) is 12.7 Å². The van der Waals surface area contributed by atoms with Crippen molar-refractivity contribution in [2.75, 3.05) is 6.61 Å². The van der Waals surface area contributed by atoms with Gasteiger partial charge in [-0.15, -0.1) is 6.58 Å². The Morgan fingerprint density at radius 1 is 1.47 bits per heavy atom. The Hall–Kier alpha value is -0.830. The normalized spacial score (nSPS) is 28.2. The number of rotatable bonds is 5. The van der Waals surface area contributed by atoms with Gasteiger partial charge in [-0.3, -0.25) is 4.79 Å². The number of ether oxygens (including phenoxy) is 2. The quantitative estimate of drug-likeness (QED) is 0.563. The molecule has 0 aromatic carbocycles. The van der Waals surface area contributed by atoms with Crippen molar-refractivity contribution in [1.82, 2.24) is 0 Å². The van der Waals surface area contributed by atoms with Crippen LogP contribution in [0.4, 0.5) is 0 Å². The third-order valence-corrected chi connectivity index (χ3v) is 4.70. The van der Waals surface area contributed by atoms with E-state index in [1.54, 1.807) is 6.08 Å². The molecular weight excluding hydrogens is 240 g/mol. The highest BCUT2D eigenvalue weighted by molar-refractivity contribution is 5.78. The SMILES string of the molecule is C=CC(C)(CC1CCC2(CCCC2)O1)C(=O)OCC. The molecule has 3 heteroatoms. The minimum atomic E-state index is -0.620. The number of carbonyl (C=O) groups excluding carboxylic acids is 1. The average molecular weight is 266 g/mol. The lowest BCUT2D eigenvalue weighted by Gasteiger charge is -2.29. The predicted molar refractivity (Wildman–Crippen MR) is 74.9 cm³/mol. The molecule has 108 valence electrons. The fourth-order valence-corrected chi connectivity index (χ4v) is 3.45. The summed E-state index contributed by atoms with van der Waals surface area (Å²) in [5, 5.41) is 0. The minimum Gasteiger partial charge on any atom is -0.465 e. The minimum absolute atomic E-state index is 0.126. The van der Waals surface area contributed by atoms with E-state index in [1.165, 1.54) is 25.7 Å². The summed E-state index contributed by atoms with van der Waals surface area (Å²) in [5.41, 5.74) is -0.494. The van der Waals surface area contributed by atoms with Crippen LogP contribution in [-0.2, 0) is 14.3 Å². The predicted octanol–water partition coefficient (Wildman–Crippen LogP) is 3.62. The molecule has 19 heavy (non-hydrogen) atoms. The van der Waals surface area contributed by atoms with E-state index in [0.717, 1.165) is 12.8 Å². The molecule has 0 N–H and O–H groups in total. The maximum atomic E-state index is 12.0. The molecule has 1 heterocycles. The highest BCUT2D eigenvalue weighted by atomic mass is 16.5. The zero-order valence-electron chi connectivity index (χ0n) is 12.2. The largest absolute Gasteiger partial charge is 0.465 e. The van der Waals surface area contributed by atoms with Crippen LogP contribution in [0.3, 0.4) is 0 Å². The van der Waals surface area contributed by atoms with Gasteiger partial charge in [0, 0.05) is 0 Å². The van der Waals surface area contributed by atoms with E-state index in [1.807, 2.05) is 13.8 Å². The molecule has 0 radical (unpaired) electrons. The monoisotopic (exact) mass is 266 g/mol. The zero-order chi connectivity index (χ0) is 13.9. The van der Waals surface area contributed by atoms with Crippen LogP contribution >= 0.6 is 0 Å². The first-order chi connectivity index (χ1) is 9.03. The van der Waals surface area contributed by atoms with Crippen molar-refractivity contribution in [2.45, 2.75) is 70.5 Å². The van der Waals surface area contributed by atoms with Crippen LogP contribution in [0, 0.1) is 5.41 Å². The van der Waals surface area contributed by atoms with E-state index >= 15 is 0 Å². The molecule has 0 aromatic rings. The molecule has 2 rings (SSSR count). The summed E-state index contributed by atoms with van der Waals surface area (Å²) in [7, 11) is 0. The summed E-state index contributed by atoms with van der Waals surface area (Å²) in [6.07, 6.45) is 9.72. The Balaban J connectivity index is 1.96. The smallest absolute Gasteiger partial charge is 0.315 e. The summed E-state index contributed by atoms with van der Waals surface area (Å²) in [6, 6.07) is 0. The first-order valence-electron chi connectivity index (χ1n) is 7.52. The first-order valence-corrected chi connectivity index (χ1v) is 7.52. The van der Waals surface area contributed by atoms with Gasteiger partial charge in [0.1, 0.15) is 0 Å². The molecule has 0 bridgehead atoms. The Morgan fingerprint density at radius 2 is 2.16 bits per heavy atom. The molecule has 1 saturated carbocycles. The first kappa shape index (κ1) is 14.6. The van der Waals surface area contributed by atoms with Gasteiger partial charge < -0.3 is 9.47 Å². The van der Waals surface area contributed by atoms with Crippen LogP contribution in [-0.4, -0.2) is 24.3 Å². The third kappa shape index (κ3) is 3.02. The van der Waals surface area contributed by atoms with Gasteiger partial charge >= 0.3 is 5.97 Å². The van der Waals surface area contributed by atoms with Crippen LogP contribution in [0.2, 0.25) is 0 Å². The molecule has 0 amide bonds. The third-order valence-electron chi connectivity index (χ3n) is 4.70. The van der Waals surface area contributed by atoms with Crippen LogP contribution in [0.15, 0.2) is 12.7 Å². The Labute approximate surface area is 116 Å². The molecule has 0 aromatic heterocycles. The fourth-order valence-electron chi connectivity index (χ4n) is 3.45. The second kappa shape index (κ2) is 5.66. The maximum absolute atomic E-state index is 12.0. The van der Waals surface area contributed by atoms with Crippen molar-refractivity contribution in [1.29, 1.82) is 0 Å². The van der Waals surface area contributed by atoms with Gasteiger partial charge in [-0.25, -0.2) is 0 Å². The van der Waals surface area contributed by atoms with E-state index in [-0.39, 0.29) is 17.7 Å². The second-order valence-electron chi connectivity index (χ2n) is 6.21. The standard InChI is InChI=1S/C16H26O3/c1-4-15(3,14(17)18-5-2)12-13-8-11-16(19-13)9-6-7-10-16/h4,13H,1,5-12H2,2-3H3. The number of esters is 1. The lowest BCUT2D eigenvalue weighted by Crippen LogP contribution is -2.33. The van der Waals surface area contributed by atoms with Gasteiger partial charge in [0.25, 0.3) is 0 Å². The summed E-state index contributed by atoms with van der Waals surface area (Å²) in [6.45, 7) is 7.96. The molecule has 2 fully saturated rings. The van der Waals surface area contributed by atoms with Crippen molar-refractivity contribution in [3.8, 4) is 0 Å². The van der Waals surface area contributed by atoms with Crippen molar-refractivity contribution in [3.63, 3.8) is 0 Å². The van der Waals surface area contributed by atoms with Gasteiger partial charge in [-0.05, 0) is 46.0 Å². The summed E-state index contributed by atoms with van der Waals surface area (Å²) < 4.78 is 11.4. The highest BCUT2D eigenvalue weighted by Crippen LogP contribution is 2.45. The zero-order valence-corrected chi connectivity index (χ0v) is 12.2. The number of hydrogen-bond acceptors (Lipinski definition) is 3. The van der Waals surface area contributed by atoms with E-state index < -0.39 is 5.41 Å². The van der Waals surface area contributed by atoms with E-state index in [4.69, 9.17) is 9.47 Å². The number of hydrogen-bond donors (Lipinski definition) is 0. The fraction of sp³-hybridized carbons (Fsp3) is 0.812. The summed E-state index contributed by atoms with van der Waals surface area (Å²) >= 11 is 0. The highest BCUT2D eigenvalue weighted by Gasteiger charge is 2.45. The second-order valence-corrected chi connectivity index (χ2v) is 6.21. The van der Waals surface area contributed by atoms with Gasteiger partial charge in [0.05, 0.1) is 23.7 Å². The van der Waals surface area contributed by atoms with Crippen LogP contribution in [0.5, 0.6) is 0 Å². The lowest BCUT2D eigenvalue weighted by molar-refractivity contribution is -0.154. The van der Waals surface area contributed by atoms with Crippen LogP contribution in [0.25, 0.3) is 0 Å². The van der Waals surface area contributed by atoms with Crippen LogP contribution in [0.1, 0.15) is 58.8 Å². The lowest BCUT2D eigenvalue weighted by atomic mass is 9.84. The molecule has 3 nitrogen and oxygen atoms in total. The Bertz CT molecular complexity index is 344. The van der Waals surface area contributed by atoms with Crippen molar-refractivity contribution >= 4 is 5.97 Å². The van der Waals surface area contributed by atoms with Crippen molar-refractivity contribution in [2.24, 2.45) is 5.41 Å². The van der Waals surface area contributed by atoms with Gasteiger partial charge in [-0.1, -0.05) is 18.9 Å². The molecule has 2 unspecified atom stereocenters. The Morgan fingerprint density at radius 3 is 2.74 bits per heavy atom. The van der Waals surface area contributed by atoms with Crippen molar-refractivity contribution < 1.29 is 14.3 Å². The topological polar surface area (TPSA) is 35.5 Å². The molecule has 1 saturated heterocycles. The van der Waals surface area contributed by atoms with E-state index in [0.29, 0.717) is 13.0 Å². The Kier molecular flexibility index (Phi) is 4.34. The molecular formula is C16H26O3. The molecule has 1 aliphatic heterocycles. The maximum Gasteiger partial charge on any atom is 0.315 e. The van der Waals surface area contributed by atoms with Crippen LogP contribution < -0.4 is 0 Å². The van der Waals surface area contributed by atoms with Gasteiger partial charge in [0.2, 0.25) is 0 Å². The molecule has 1 spiro atoms. The molecule has 2 atom stereocenters. The molecule has 1 aliphatic carbocycles. The average Bonchev–Trinajstić information content (AvgIpc) is 3.00. The summed E-state index contributed by atoms with van der Waals surface area (Å²) in [4.78, 5) is 12.0. The van der Waals surface area contributed by atoms with E-state index in [2.05, 4.69) is 6.58 Å². The number of carbonyl (C=O) groups is 1. The van der Waals surface area contributed by atoms with Gasteiger partial charge in [-0.2, -0.15) is 0 Å². The molecule has 2 aliphatic rings.